The van der Waals surface area contributed by atoms with Crippen molar-refractivity contribution in [3.05, 3.63) is 0 Å². The molecule has 0 fully saturated rings. The van der Waals surface area contributed by atoms with Gasteiger partial charge in [0.2, 0.25) is 0 Å². The van der Waals surface area contributed by atoms with Gasteiger partial charge in [-0.15, -0.1) is 0 Å². The molecular formula is C9H19NO3. The smallest absolute Gasteiger partial charge is 0.322 e. The second-order valence-corrected chi connectivity index (χ2v) is 3.07. The summed E-state index contributed by atoms with van der Waals surface area (Å²) in [5, 5.41) is 0. The Kier molecular flexibility index (Phi) is 6.54. The molecular weight excluding hydrogens is 170 g/mol. The van der Waals surface area contributed by atoms with Gasteiger partial charge in [0.05, 0.1) is 12.7 Å². The van der Waals surface area contributed by atoms with Crippen molar-refractivity contribution in [1.29, 1.82) is 0 Å². The topological polar surface area (TPSA) is 61.5 Å². The molecule has 4 heteroatoms. The summed E-state index contributed by atoms with van der Waals surface area (Å²) in [4.78, 5) is 11.0. The number of ether oxygens (including phenoxy) is 2. The van der Waals surface area contributed by atoms with Crippen LogP contribution in [0.2, 0.25) is 0 Å². The van der Waals surface area contributed by atoms with Gasteiger partial charge in [-0.05, 0) is 27.2 Å². The minimum absolute atomic E-state index is 0.175. The number of carbonyl (C=O) groups excluding carboxylic acids is 1. The van der Waals surface area contributed by atoms with Gasteiger partial charge in [-0.25, -0.2) is 0 Å². The minimum atomic E-state index is -0.557. The molecule has 0 bridgehead atoms. The SMILES string of the molecule is CCOC(=O)[C@@H](N)CCOC(C)C. The highest BCUT2D eigenvalue weighted by atomic mass is 16.5. The van der Waals surface area contributed by atoms with E-state index >= 15 is 0 Å². The largest absolute Gasteiger partial charge is 0.465 e. The van der Waals surface area contributed by atoms with Crippen LogP contribution >= 0.6 is 0 Å². The number of hydrogen-bond acceptors (Lipinski definition) is 4. The molecule has 0 aromatic carbocycles. The first-order valence-electron chi connectivity index (χ1n) is 4.61. The molecule has 0 heterocycles. The number of hydrogen-bond donors (Lipinski definition) is 1. The van der Waals surface area contributed by atoms with E-state index in [2.05, 4.69) is 0 Å². The van der Waals surface area contributed by atoms with Crippen molar-refractivity contribution >= 4 is 5.97 Å². The summed E-state index contributed by atoms with van der Waals surface area (Å²) < 4.78 is 9.99. The van der Waals surface area contributed by atoms with Gasteiger partial charge in [0.1, 0.15) is 6.04 Å². The summed E-state index contributed by atoms with van der Waals surface area (Å²) in [6.45, 7) is 6.51. The highest BCUT2D eigenvalue weighted by Gasteiger charge is 2.13. The maximum Gasteiger partial charge on any atom is 0.322 e. The predicted octanol–water partition coefficient (Wildman–Crippen LogP) is 0.692. The Morgan fingerprint density at radius 3 is 2.54 bits per heavy atom. The quantitative estimate of drug-likeness (QED) is 0.624. The molecule has 1 atom stereocenters. The molecule has 0 aromatic heterocycles. The lowest BCUT2D eigenvalue weighted by molar-refractivity contribution is -0.145. The average molecular weight is 189 g/mol. The van der Waals surface area contributed by atoms with Crippen LogP contribution in [0, 0.1) is 0 Å². The average Bonchev–Trinajstić information content (AvgIpc) is 2.04. The van der Waals surface area contributed by atoms with Crippen LogP contribution in [-0.2, 0) is 14.3 Å². The second-order valence-electron chi connectivity index (χ2n) is 3.07. The lowest BCUT2D eigenvalue weighted by atomic mass is 10.2. The molecule has 0 spiro atoms. The van der Waals surface area contributed by atoms with E-state index in [-0.39, 0.29) is 12.1 Å². The van der Waals surface area contributed by atoms with Gasteiger partial charge in [-0.2, -0.15) is 0 Å². The molecule has 0 saturated carbocycles. The number of carbonyl (C=O) groups is 1. The standard InChI is InChI=1S/C9H19NO3/c1-4-12-9(11)8(10)5-6-13-7(2)3/h7-8H,4-6,10H2,1-3H3/t8-/m0/s1. The van der Waals surface area contributed by atoms with Gasteiger partial charge >= 0.3 is 5.97 Å². The summed E-state index contributed by atoms with van der Waals surface area (Å²) in [7, 11) is 0. The summed E-state index contributed by atoms with van der Waals surface area (Å²) in [5.41, 5.74) is 5.53. The summed E-state index contributed by atoms with van der Waals surface area (Å²) >= 11 is 0. The van der Waals surface area contributed by atoms with Crippen molar-refractivity contribution in [2.24, 2.45) is 5.73 Å². The molecule has 4 nitrogen and oxygen atoms in total. The molecule has 0 saturated heterocycles. The minimum Gasteiger partial charge on any atom is -0.465 e. The zero-order valence-electron chi connectivity index (χ0n) is 8.58. The number of esters is 1. The fraction of sp³-hybridized carbons (Fsp3) is 0.889. The van der Waals surface area contributed by atoms with Crippen molar-refractivity contribution in [2.75, 3.05) is 13.2 Å². The zero-order chi connectivity index (χ0) is 10.3. The van der Waals surface area contributed by atoms with E-state index in [1.165, 1.54) is 0 Å². The molecule has 78 valence electrons. The van der Waals surface area contributed by atoms with Crippen LogP contribution in [0.1, 0.15) is 27.2 Å². The Balaban J connectivity index is 3.49. The second kappa shape index (κ2) is 6.86. The molecule has 0 unspecified atom stereocenters. The summed E-state index contributed by atoms with van der Waals surface area (Å²) in [6.07, 6.45) is 0.686. The Morgan fingerprint density at radius 1 is 1.46 bits per heavy atom. The zero-order valence-corrected chi connectivity index (χ0v) is 8.58. The van der Waals surface area contributed by atoms with E-state index in [9.17, 15) is 4.79 Å². The van der Waals surface area contributed by atoms with E-state index < -0.39 is 6.04 Å². The number of nitrogens with two attached hydrogens (primary N) is 1. The van der Waals surface area contributed by atoms with Crippen LogP contribution in [0.3, 0.4) is 0 Å². The highest BCUT2D eigenvalue weighted by molar-refractivity contribution is 5.75. The molecule has 0 aromatic rings. The first-order valence-corrected chi connectivity index (χ1v) is 4.61. The van der Waals surface area contributed by atoms with E-state index in [0.29, 0.717) is 19.6 Å². The Labute approximate surface area is 79.4 Å². The maximum atomic E-state index is 11.0. The summed E-state index contributed by atoms with van der Waals surface area (Å²) in [5.74, 6) is -0.352. The molecule has 0 amide bonds. The van der Waals surface area contributed by atoms with Crippen molar-refractivity contribution in [3.63, 3.8) is 0 Å². The van der Waals surface area contributed by atoms with Crippen molar-refractivity contribution in [2.45, 2.75) is 39.3 Å². The predicted molar refractivity (Wildman–Crippen MR) is 50.3 cm³/mol. The number of rotatable bonds is 6. The van der Waals surface area contributed by atoms with Gasteiger partial charge < -0.3 is 15.2 Å². The van der Waals surface area contributed by atoms with Crippen molar-refractivity contribution < 1.29 is 14.3 Å². The van der Waals surface area contributed by atoms with E-state index in [4.69, 9.17) is 15.2 Å². The van der Waals surface area contributed by atoms with Crippen molar-refractivity contribution in [1.82, 2.24) is 0 Å². The Hall–Kier alpha value is -0.610. The summed E-state index contributed by atoms with van der Waals surface area (Å²) in [6, 6.07) is -0.557. The molecule has 0 rings (SSSR count). The molecule has 0 aliphatic heterocycles. The van der Waals surface area contributed by atoms with Crippen LogP contribution in [0.4, 0.5) is 0 Å². The molecule has 2 N–H and O–H groups in total. The van der Waals surface area contributed by atoms with Crippen LogP contribution in [0.5, 0.6) is 0 Å². The first-order chi connectivity index (χ1) is 6.07. The molecule has 13 heavy (non-hydrogen) atoms. The van der Waals surface area contributed by atoms with Crippen molar-refractivity contribution in [3.8, 4) is 0 Å². The van der Waals surface area contributed by atoms with Gasteiger partial charge in [-0.1, -0.05) is 0 Å². The third kappa shape index (κ3) is 6.54. The Morgan fingerprint density at radius 2 is 2.08 bits per heavy atom. The van der Waals surface area contributed by atoms with E-state index in [1.54, 1.807) is 6.92 Å². The monoisotopic (exact) mass is 189 g/mol. The first kappa shape index (κ1) is 12.4. The van der Waals surface area contributed by atoms with Gasteiger partial charge in [0.15, 0.2) is 0 Å². The molecule has 0 aliphatic rings. The maximum absolute atomic E-state index is 11.0. The lowest BCUT2D eigenvalue weighted by Gasteiger charge is -2.11. The molecule has 0 radical (unpaired) electrons. The Bertz CT molecular complexity index is 148. The van der Waals surface area contributed by atoms with Crippen LogP contribution in [0.25, 0.3) is 0 Å². The van der Waals surface area contributed by atoms with Crippen LogP contribution in [0.15, 0.2) is 0 Å². The van der Waals surface area contributed by atoms with E-state index in [0.717, 1.165) is 0 Å². The van der Waals surface area contributed by atoms with E-state index in [1.807, 2.05) is 13.8 Å². The lowest BCUT2D eigenvalue weighted by Crippen LogP contribution is -2.33. The van der Waals surface area contributed by atoms with Gasteiger partial charge in [0, 0.05) is 6.61 Å². The highest BCUT2D eigenvalue weighted by Crippen LogP contribution is 1.96. The van der Waals surface area contributed by atoms with Gasteiger partial charge in [0.25, 0.3) is 0 Å². The fourth-order valence-corrected chi connectivity index (χ4v) is 0.798. The normalized spacial score (nSPS) is 13.0. The molecule has 0 aliphatic carbocycles. The fourth-order valence-electron chi connectivity index (χ4n) is 0.798. The van der Waals surface area contributed by atoms with Crippen LogP contribution < -0.4 is 5.73 Å². The van der Waals surface area contributed by atoms with Gasteiger partial charge in [-0.3, -0.25) is 4.79 Å². The third-order valence-electron chi connectivity index (χ3n) is 1.47. The van der Waals surface area contributed by atoms with Crippen LogP contribution in [-0.4, -0.2) is 31.3 Å². The third-order valence-corrected chi connectivity index (χ3v) is 1.47.